The van der Waals surface area contributed by atoms with E-state index in [-0.39, 0.29) is 0 Å². The molecule has 3 nitrogen and oxygen atoms in total. The summed E-state index contributed by atoms with van der Waals surface area (Å²) in [6.07, 6.45) is 4.21. The Labute approximate surface area is 122 Å². The molecule has 1 aliphatic heterocycles. The lowest BCUT2D eigenvalue weighted by atomic mass is 10.1. The van der Waals surface area contributed by atoms with Gasteiger partial charge in [-0.2, -0.15) is 5.26 Å². The van der Waals surface area contributed by atoms with Crippen molar-refractivity contribution in [3.05, 3.63) is 29.8 Å². The minimum absolute atomic E-state index is 0.493. The van der Waals surface area contributed by atoms with Gasteiger partial charge in [0.25, 0.3) is 0 Å². The second kappa shape index (κ2) is 7.31. The van der Waals surface area contributed by atoms with Crippen molar-refractivity contribution in [2.24, 2.45) is 0 Å². The van der Waals surface area contributed by atoms with Crippen LogP contribution in [-0.4, -0.2) is 30.1 Å². The molecule has 1 unspecified atom stereocenters. The Morgan fingerprint density at radius 2 is 2.00 bits per heavy atom. The number of anilines is 1. The van der Waals surface area contributed by atoms with Crippen LogP contribution in [0.3, 0.4) is 0 Å². The van der Waals surface area contributed by atoms with Crippen LogP contribution >= 0.6 is 0 Å². The molecule has 0 amide bonds. The highest BCUT2D eigenvalue weighted by Crippen LogP contribution is 2.18. The normalized spacial score (nSPS) is 20.4. The fourth-order valence-corrected chi connectivity index (χ4v) is 2.83. The number of rotatable bonds is 4. The summed E-state index contributed by atoms with van der Waals surface area (Å²) in [5.74, 6) is 0. The molecule has 0 spiro atoms. The third-order valence-corrected chi connectivity index (χ3v) is 4.10. The molecule has 1 saturated heterocycles. The van der Waals surface area contributed by atoms with E-state index in [0.29, 0.717) is 18.5 Å². The van der Waals surface area contributed by atoms with Gasteiger partial charge >= 0.3 is 0 Å². The largest absolute Gasteiger partial charge is 0.382 e. The number of likely N-dealkylation sites (tertiary alicyclic amines) is 1. The van der Waals surface area contributed by atoms with E-state index in [0.717, 1.165) is 5.56 Å². The summed E-state index contributed by atoms with van der Waals surface area (Å²) < 4.78 is 0. The molecule has 0 bridgehead atoms. The van der Waals surface area contributed by atoms with E-state index in [4.69, 9.17) is 5.26 Å². The fourth-order valence-electron chi connectivity index (χ4n) is 2.83. The molecule has 1 aromatic carbocycles. The zero-order valence-electron chi connectivity index (χ0n) is 12.6. The molecule has 1 N–H and O–H groups in total. The first kappa shape index (κ1) is 14.9. The SMILES string of the molecule is CC(C)N1CCCC(Nc2ccc(CC#N)cc2)CC1. The average Bonchev–Trinajstić information content (AvgIpc) is 2.67. The molecule has 1 heterocycles. The zero-order chi connectivity index (χ0) is 14.4. The van der Waals surface area contributed by atoms with Crippen LogP contribution < -0.4 is 5.32 Å². The Kier molecular flexibility index (Phi) is 5.43. The Morgan fingerprint density at radius 1 is 1.25 bits per heavy atom. The monoisotopic (exact) mass is 271 g/mol. The standard InChI is InChI=1S/C17H25N3/c1-14(2)20-12-3-4-16(10-13-20)19-17-7-5-15(6-8-17)9-11-18/h5-8,14,16,19H,3-4,9-10,12-13H2,1-2H3. The van der Waals surface area contributed by atoms with Crippen LogP contribution in [0.4, 0.5) is 5.69 Å². The van der Waals surface area contributed by atoms with Gasteiger partial charge in [-0.05, 0) is 57.4 Å². The minimum atomic E-state index is 0.493. The first-order valence-corrected chi connectivity index (χ1v) is 7.65. The van der Waals surface area contributed by atoms with E-state index in [9.17, 15) is 0 Å². The van der Waals surface area contributed by atoms with E-state index in [1.807, 2.05) is 12.1 Å². The molecule has 1 atom stereocenters. The molecule has 1 fully saturated rings. The summed E-state index contributed by atoms with van der Waals surface area (Å²) >= 11 is 0. The maximum Gasteiger partial charge on any atom is 0.0669 e. The smallest absolute Gasteiger partial charge is 0.0669 e. The Morgan fingerprint density at radius 3 is 2.65 bits per heavy atom. The number of benzene rings is 1. The van der Waals surface area contributed by atoms with Crippen LogP contribution in [0.15, 0.2) is 24.3 Å². The summed E-state index contributed by atoms with van der Waals surface area (Å²) in [6, 6.07) is 11.7. The van der Waals surface area contributed by atoms with Gasteiger partial charge in [-0.3, -0.25) is 0 Å². The van der Waals surface area contributed by atoms with Crippen molar-refractivity contribution in [3.8, 4) is 6.07 Å². The molecule has 0 aliphatic carbocycles. The highest BCUT2D eigenvalue weighted by molar-refractivity contribution is 5.45. The van der Waals surface area contributed by atoms with Crippen LogP contribution in [0, 0.1) is 11.3 Å². The van der Waals surface area contributed by atoms with E-state index >= 15 is 0 Å². The van der Waals surface area contributed by atoms with Gasteiger partial charge in [0.1, 0.15) is 0 Å². The van der Waals surface area contributed by atoms with Gasteiger partial charge in [-0.15, -0.1) is 0 Å². The van der Waals surface area contributed by atoms with E-state index < -0.39 is 0 Å². The molecule has 3 heteroatoms. The summed E-state index contributed by atoms with van der Waals surface area (Å²) in [5.41, 5.74) is 2.26. The zero-order valence-corrected chi connectivity index (χ0v) is 12.6. The van der Waals surface area contributed by atoms with Gasteiger partial charge in [-0.25, -0.2) is 0 Å². The van der Waals surface area contributed by atoms with E-state index in [1.165, 1.54) is 38.0 Å². The van der Waals surface area contributed by atoms with Crippen LogP contribution in [-0.2, 0) is 6.42 Å². The van der Waals surface area contributed by atoms with Gasteiger partial charge in [0.05, 0.1) is 12.5 Å². The molecular weight excluding hydrogens is 246 g/mol. The van der Waals surface area contributed by atoms with Crippen molar-refractivity contribution in [2.75, 3.05) is 18.4 Å². The van der Waals surface area contributed by atoms with Gasteiger partial charge in [0.15, 0.2) is 0 Å². The molecule has 1 aliphatic rings. The van der Waals surface area contributed by atoms with Crippen molar-refractivity contribution in [1.82, 2.24) is 4.90 Å². The molecule has 2 rings (SSSR count). The predicted molar refractivity (Wildman–Crippen MR) is 83.7 cm³/mol. The summed E-state index contributed by atoms with van der Waals surface area (Å²) in [4.78, 5) is 2.57. The van der Waals surface area contributed by atoms with Crippen molar-refractivity contribution in [3.63, 3.8) is 0 Å². The van der Waals surface area contributed by atoms with Crippen molar-refractivity contribution in [1.29, 1.82) is 5.26 Å². The van der Waals surface area contributed by atoms with E-state index in [2.05, 4.69) is 42.3 Å². The van der Waals surface area contributed by atoms with Crippen molar-refractivity contribution in [2.45, 2.75) is 51.6 Å². The second-order valence-electron chi connectivity index (χ2n) is 5.93. The Hall–Kier alpha value is -1.53. The highest BCUT2D eigenvalue weighted by atomic mass is 15.1. The molecule has 0 aromatic heterocycles. The molecule has 20 heavy (non-hydrogen) atoms. The van der Waals surface area contributed by atoms with Crippen LogP contribution in [0.5, 0.6) is 0 Å². The topological polar surface area (TPSA) is 39.1 Å². The number of hydrogen-bond donors (Lipinski definition) is 1. The summed E-state index contributed by atoms with van der Waals surface area (Å²) in [6.45, 7) is 6.96. The summed E-state index contributed by atoms with van der Waals surface area (Å²) in [5, 5.41) is 12.3. The number of hydrogen-bond acceptors (Lipinski definition) is 3. The number of nitriles is 1. The highest BCUT2D eigenvalue weighted by Gasteiger charge is 2.18. The maximum atomic E-state index is 8.68. The lowest BCUT2D eigenvalue weighted by Gasteiger charge is -2.24. The molecular formula is C17H25N3. The van der Waals surface area contributed by atoms with Crippen LogP contribution in [0.2, 0.25) is 0 Å². The molecule has 108 valence electrons. The first-order chi connectivity index (χ1) is 9.69. The minimum Gasteiger partial charge on any atom is -0.382 e. The summed E-state index contributed by atoms with van der Waals surface area (Å²) in [7, 11) is 0. The lowest BCUT2D eigenvalue weighted by molar-refractivity contribution is 0.230. The molecule has 1 aromatic rings. The van der Waals surface area contributed by atoms with Gasteiger partial charge < -0.3 is 10.2 Å². The number of nitrogens with one attached hydrogen (secondary N) is 1. The Bertz CT molecular complexity index is 444. The van der Waals surface area contributed by atoms with Crippen molar-refractivity contribution < 1.29 is 0 Å². The second-order valence-corrected chi connectivity index (χ2v) is 5.93. The van der Waals surface area contributed by atoms with Crippen LogP contribution in [0.1, 0.15) is 38.7 Å². The van der Waals surface area contributed by atoms with Gasteiger partial charge in [0, 0.05) is 24.3 Å². The maximum absolute atomic E-state index is 8.68. The predicted octanol–water partition coefficient (Wildman–Crippen LogP) is 3.43. The average molecular weight is 271 g/mol. The lowest BCUT2D eigenvalue weighted by Crippen LogP contribution is -2.32. The molecule has 0 radical (unpaired) electrons. The first-order valence-electron chi connectivity index (χ1n) is 7.65. The fraction of sp³-hybridized carbons (Fsp3) is 0.588. The molecule has 0 saturated carbocycles. The quantitative estimate of drug-likeness (QED) is 0.912. The van der Waals surface area contributed by atoms with Crippen LogP contribution in [0.25, 0.3) is 0 Å². The number of nitrogens with zero attached hydrogens (tertiary/aromatic N) is 2. The Balaban J connectivity index is 1.88. The van der Waals surface area contributed by atoms with E-state index in [1.54, 1.807) is 0 Å². The van der Waals surface area contributed by atoms with Gasteiger partial charge in [0.2, 0.25) is 0 Å². The third-order valence-electron chi connectivity index (χ3n) is 4.10. The third kappa shape index (κ3) is 4.25. The van der Waals surface area contributed by atoms with Gasteiger partial charge in [-0.1, -0.05) is 12.1 Å². The van der Waals surface area contributed by atoms with Crippen molar-refractivity contribution >= 4 is 5.69 Å².